The third-order valence-corrected chi connectivity index (χ3v) is 2.86. The summed E-state index contributed by atoms with van der Waals surface area (Å²) in [4.78, 5) is 16.1. The first kappa shape index (κ1) is 14.3. The Bertz CT molecular complexity index is 564. The zero-order valence-corrected chi connectivity index (χ0v) is 11.7. The van der Waals surface area contributed by atoms with Crippen molar-refractivity contribution in [1.82, 2.24) is 10.3 Å². The molecule has 2 aromatic rings. The number of rotatable bonds is 6. The maximum atomic E-state index is 11.7. The molecule has 1 heterocycles. The summed E-state index contributed by atoms with van der Waals surface area (Å²) in [5.41, 5.74) is 1.65. The Labute approximate surface area is 118 Å². The molecule has 0 radical (unpaired) electrons. The van der Waals surface area contributed by atoms with E-state index in [1.54, 1.807) is 7.11 Å². The second-order valence-corrected chi connectivity index (χ2v) is 4.41. The fourth-order valence-corrected chi connectivity index (χ4v) is 1.80. The van der Waals surface area contributed by atoms with E-state index in [-0.39, 0.29) is 12.3 Å². The lowest BCUT2D eigenvalue weighted by Gasteiger charge is -2.02. The van der Waals surface area contributed by atoms with Gasteiger partial charge in [0.15, 0.2) is 0 Å². The van der Waals surface area contributed by atoms with Crippen LogP contribution in [-0.4, -0.2) is 31.2 Å². The van der Waals surface area contributed by atoms with E-state index in [1.807, 2.05) is 37.3 Å². The average molecular weight is 274 g/mol. The van der Waals surface area contributed by atoms with Gasteiger partial charge in [-0.05, 0) is 19.1 Å². The number of carbonyl (C=O) groups excluding carboxylic acids is 1. The summed E-state index contributed by atoms with van der Waals surface area (Å²) in [6.07, 6.45) is 0.190. The third kappa shape index (κ3) is 3.68. The second kappa shape index (κ2) is 6.86. The molecule has 0 aliphatic rings. The molecular formula is C15H18N2O3. The summed E-state index contributed by atoms with van der Waals surface area (Å²) >= 11 is 0. The molecule has 0 saturated heterocycles. The van der Waals surface area contributed by atoms with Crippen LogP contribution in [0.5, 0.6) is 0 Å². The Hall–Kier alpha value is -2.14. The monoisotopic (exact) mass is 274 g/mol. The number of aromatic nitrogens is 1. The van der Waals surface area contributed by atoms with Crippen LogP contribution >= 0.6 is 0 Å². The molecule has 0 bridgehead atoms. The van der Waals surface area contributed by atoms with Crippen molar-refractivity contribution in [2.24, 2.45) is 0 Å². The Morgan fingerprint density at radius 2 is 2.10 bits per heavy atom. The Balaban J connectivity index is 2.03. The van der Waals surface area contributed by atoms with E-state index in [2.05, 4.69) is 10.3 Å². The van der Waals surface area contributed by atoms with Crippen molar-refractivity contribution in [3.63, 3.8) is 0 Å². The van der Waals surface area contributed by atoms with Crippen molar-refractivity contribution in [3.05, 3.63) is 41.8 Å². The zero-order valence-electron chi connectivity index (χ0n) is 11.7. The molecule has 1 N–H and O–H groups in total. The highest BCUT2D eigenvalue weighted by Crippen LogP contribution is 2.21. The van der Waals surface area contributed by atoms with Gasteiger partial charge in [-0.15, -0.1) is 0 Å². The number of methoxy groups -OCH3 is 1. The predicted molar refractivity (Wildman–Crippen MR) is 75.3 cm³/mol. The molecule has 1 aromatic heterocycles. The van der Waals surface area contributed by atoms with E-state index < -0.39 is 0 Å². The van der Waals surface area contributed by atoms with Crippen LogP contribution in [0, 0.1) is 6.92 Å². The minimum atomic E-state index is -0.0964. The number of amides is 1. The fraction of sp³-hybridized carbons (Fsp3) is 0.333. The second-order valence-electron chi connectivity index (χ2n) is 4.41. The lowest BCUT2D eigenvalue weighted by Crippen LogP contribution is -2.28. The van der Waals surface area contributed by atoms with Crippen LogP contribution in [0.25, 0.3) is 11.5 Å². The first-order valence-electron chi connectivity index (χ1n) is 6.48. The summed E-state index contributed by atoms with van der Waals surface area (Å²) in [5, 5.41) is 2.76. The van der Waals surface area contributed by atoms with Crippen molar-refractivity contribution >= 4 is 5.91 Å². The minimum Gasteiger partial charge on any atom is -0.440 e. The quantitative estimate of drug-likeness (QED) is 0.818. The maximum absolute atomic E-state index is 11.7. The van der Waals surface area contributed by atoms with Crippen LogP contribution in [0.15, 0.2) is 34.7 Å². The standard InChI is InChI=1S/C15H18N2O3/c1-11-13(10-14(18)16-8-9-19-2)20-15(17-11)12-6-4-3-5-7-12/h3-7H,8-10H2,1-2H3,(H,16,18). The van der Waals surface area contributed by atoms with E-state index in [0.29, 0.717) is 24.8 Å². The van der Waals surface area contributed by atoms with E-state index in [1.165, 1.54) is 0 Å². The highest BCUT2D eigenvalue weighted by molar-refractivity contribution is 5.78. The highest BCUT2D eigenvalue weighted by atomic mass is 16.5. The number of nitrogens with one attached hydrogen (secondary N) is 1. The van der Waals surface area contributed by atoms with Crippen LogP contribution in [0.1, 0.15) is 11.5 Å². The zero-order chi connectivity index (χ0) is 14.4. The minimum absolute atomic E-state index is 0.0964. The molecule has 20 heavy (non-hydrogen) atoms. The van der Waals surface area contributed by atoms with Crippen molar-refractivity contribution in [3.8, 4) is 11.5 Å². The topological polar surface area (TPSA) is 64.4 Å². The Kier molecular flexibility index (Phi) is 4.90. The number of nitrogens with zero attached hydrogens (tertiary/aromatic N) is 1. The van der Waals surface area contributed by atoms with Gasteiger partial charge in [-0.2, -0.15) is 0 Å². The third-order valence-electron chi connectivity index (χ3n) is 2.86. The molecule has 2 rings (SSSR count). The molecule has 5 heteroatoms. The van der Waals surface area contributed by atoms with Crippen LogP contribution < -0.4 is 5.32 Å². The van der Waals surface area contributed by atoms with Crippen molar-refractivity contribution in [1.29, 1.82) is 0 Å². The molecule has 0 atom stereocenters. The molecule has 0 unspecified atom stereocenters. The lowest BCUT2D eigenvalue weighted by atomic mass is 10.2. The highest BCUT2D eigenvalue weighted by Gasteiger charge is 2.14. The molecule has 0 aliphatic carbocycles. The smallest absolute Gasteiger partial charge is 0.227 e. The summed E-state index contributed by atoms with van der Waals surface area (Å²) in [6.45, 7) is 2.83. The number of oxazole rings is 1. The van der Waals surface area contributed by atoms with Gasteiger partial charge in [-0.25, -0.2) is 4.98 Å². The molecule has 5 nitrogen and oxygen atoms in total. The van der Waals surface area contributed by atoms with Crippen LogP contribution in [0.3, 0.4) is 0 Å². The van der Waals surface area contributed by atoms with E-state index >= 15 is 0 Å². The number of carbonyl (C=O) groups is 1. The Morgan fingerprint density at radius 1 is 1.35 bits per heavy atom. The largest absolute Gasteiger partial charge is 0.440 e. The van der Waals surface area contributed by atoms with E-state index in [9.17, 15) is 4.79 Å². The number of benzene rings is 1. The van der Waals surface area contributed by atoms with Crippen LogP contribution in [0.2, 0.25) is 0 Å². The van der Waals surface area contributed by atoms with Gasteiger partial charge in [0.1, 0.15) is 5.76 Å². The van der Waals surface area contributed by atoms with Gasteiger partial charge in [0.25, 0.3) is 0 Å². The van der Waals surface area contributed by atoms with Gasteiger partial charge in [-0.1, -0.05) is 18.2 Å². The number of aryl methyl sites for hydroxylation is 1. The van der Waals surface area contributed by atoms with Gasteiger partial charge < -0.3 is 14.5 Å². The molecule has 0 spiro atoms. The maximum Gasteiger partial charge on any atom is 0.227 e. The van der Waals surface area contributed by atoms with E-state index in [4.69, 9.17) is 9.15 Å². The summed E-state index contributed by atoms with van der Waals surface area (Å²) in [6, 6.07) is 9.63. The fourth-order valence-electron chi connectivity index (χ4n) is 1.80. The predicted octanol–water partition coefficient (Wildman–Crippen LogP) is 1.96. The number of hydrogen-bond donors (Lipinski definition) is 1. The van der Waals surface area contributed by atoms with Crippen molar-refractivity contribution in [2.45, 2.75) is 13.3 Å². The molecule has 0 fully saturated rings. The first-order valence-corrected chi connectivity index (χ1v) is 6.48. The van der Waals surface area contributed by atoms with Gasteiger partial charge in [0.2, 0.25) is 11.8 Å². The van der Waals surface area contributed by atoms with Crippen molar-refractivity contribution in [2.75, 3.05) is 20.3 Å². The molecule has 0 aliphatic heterocycles. The Morgan fingerprint density at radius 3 is 2.80 bits per heavy atom. The molecule has 0 saturated carbocycles. The first-order chi connectivity index (χ1) is 9.70. The van der Waals surface area contributed by atoms with Gasteiger partial charge in [-0.3, -0.25) is 4.79 Å². The van der Waals surface area contributed by atoms with Gasteiger partial charge >= 0.3 is 0 Å². The van der Waals surface area contributed by atoms with Crippen LogP contribution in [-0.2, 0) is 16.0 Å². The summed E-state index contributed by atoms with van der Waals surface area (Å²) in [5.74, 6) is 1.04. The van der Waals surface area contributed by atoms with Gasteiger partial charge in [0.05, 0.1) is 18.7 Å². The SMILES string of the molecule is COCCNC(=O)Cc1oc(-c2ccccc2)nc1C. The van der Waals surface area contributed by atoms with Gasteiger partial charge in [0, 0.05) is 19.2 Å². The average Bonchev–Trinajstić information content (AvgIpc) is 2.81. The summed E-state index contributed by atoms with van der Waals surface area (Å²) in [7, 11) is 1.60. The summed E-state index contributed by atoms with van der Waals surface area (Å²) < 4.78 is 10.6. The van der Waals surface area contributed by atoms with Crippen LogP contribution in [0.4, 0.5) is 0 Å². The molecule has 1 aromatic carbocycles. The van der Waals surface area contributed by atoms with E-state index in [0.717, 1.165) is 11.3 Å². The molecular weight excluding hydrogens is 256 g/mol. The number of hydrogen-bond acceptors (Lipinski definition) is 4. The normalized spacial score (nSPS) is 10.5. The lowest BCUT2D eigenvalue weighted by molar-refractivity contribution is -0.120. The molecule has 106 valence electrons. The number of ether oxygens (including phenoxy) is 1. The molecule has 1 amide bonds. The van der Waals surface area contributed by atoms with Crippen molar-refractivity contribution < 1.29 is 13.9 Å².